The zero-order valence-corrected chi connectivity index (χ0v) is 18.1. The predicted molar refractivity (Wildman–Crippen MR) is 110 cm³/mol. The van der Waals surface area contributed by atoms with Gasteiger partial charge in [-0.15, -0.1) is 0 Å². The van der Waals surface area contributed by atoms with Gasteiger partial charge in [0.1, 0.15) is 0 Å². The van der Waals surface area contributed by atoms with Gasteiger partial charge in [-0.3, -0.25) is 0 Å². The van der Waals surface area contributed by atoms with Gasteiger partial charge in [-0.1, -0.05) is 0 Å². The van der Waals surface area contributed by atoms with Crippen molar-refractivity contribution in [3.05, 3.63) is 76.9 Å². The number of hydrogen-bond donors (Lipinski definition) is 2. The molecule has 2 radical (unpaired) electrons. The fourth-order valence-electron chi connectivity index (χ4n) is 3.16. The van der Waals surface area contributed by atoms with Gasteiger partial charge in [0, 0.05) is 0 Å². The van der Waals surface area contributed by atoms with Crippen LogP contribution in [-0.4, -0.2) is 41.4 Å². The van der Waals surface area contributed by atoms with Crippen LogP contribution in [0, 0.1) is 0 Å². The molecular weight excluding hydrogens is 473 g/mol. The third-order valence-electron chi connectivity index (χ3n) is 4.49. The predicted octanol–water partition coefficient (Wildman–Crippen LogP) is 2.24. The molecular formula is C20H12AsNO5S2. The van der Waals surface area contributed by atoms with Gasteiger partial charge in [-0.05, 0) is 0 Å². The second kappa shape index (κ2) is 7.14. The zero-order valence-electron chi connectivity index (χ0n) is 14.6. The second-order valence-electron chi connectivity index (χ2n) is 6.32. The Morgan fingerprint density at radius 2 is 1.45 bits per heavy atom. The Balaban J connectivity index is 2.02. The third-order valence-corrected chi connectivity index (χ3v) is 7.72. The molecule has 6 nitrogen and oxygen atoms in total. The van der Waals surface area contributed by atoms with Crippen LogP contribution in [0.25, 0.3) is 0 Å². The van der Waals surface area contributed by atoms with Crippen molar-refractivity contribution in [1.29, 1.82) is 0 Å². The fraction of sp³-hybridized carbons (Fsp3) is 0. The Kier molecular flexibility index (Phi) is 4.91. The van der Waals surface area contributed by atoms with E-state index in [9.17, 15) is 22.6 Å². The molecule has 0 saturated carbocycles. The second-order valence-corrected chi connectivity index (χ2v) is 9.77. The van der Waals surface area contributed by atoms with E-state index in [1.807, 2.05) is 16.9 Å². The maximum atomic E-state index is 13.2. The monoisotopic (exact) mass is 485 g/mol. The average molecular weight is 485 g/mol. The van der Waals surface area contributed by atoms with Crippen LogP contribution < -0.4 is 10.1 Å². The van der Waals surface area contributed by atoms with Crippen molar-refractivity contribution in [2.75, 3.05) is 5.73 Å². The van der Waals surface area contributed by atoms with E-state index in [2.05, 4.69) is 0 Å². The Hall–Kier alpha value is -2.38. The maximum absolute atomic E-state index is 13.2. The number of carbonyl (C=O) groups excluding carboxylic acids is 2. The SMILES string of the molecule is Nc1ccc(Sc2cc(S(=O)(=O)O)c([As])c3c2C(=O)c2ccccc2C3=O)cc1. The molecule has 0 atom stereocenters. The number of fused-ring (bicyclic) bond motifs is 2. The van der Waals surface area contributed by atoms with Gasteiger partial charge in [-0.2, -0.15) is 0 Å². The van der Waals surface area contributed by atoms with Crippen LogP contribution in [0.1, 0.15) is 31.8 Å². The topological polar surface area (TPSA) is 115 Å². The molecule has 3 aromatic carbocycles. The van der Waals surface area contributed by atoms with Crippen LogP contribution in [0.4, 0.5) is 5.69 Å². The summed E-state index contributed by atoms with van der Waals surface area (Å²) in [6.07, 6.45) is 0. The molecule has 9 heteroatoms. The molecule has 0 bridgehead atoms. The molecule has 1 aliphatic rings. The molecule has 0 amide bonds. The van der Waals surface area contributed by atoms with Crippen LogP contribution in [-0.2, 0) is 10.1 Å². The number of rotatable bonds is 3. The van der Waals surface area contributed by atoms with E-state index in [1.165, 1.54) is 12.1 Å². The first kappa shape index (κ1) is 19.9. The summed E-state index contributed by atoms with van der Waals surface area (Å²) in [7, 11) is -4.62. The molecule has 1 aliphatic carbocycles. The number of carbonyl (C=O) groups is 2. The molecule has 0 aliphatic heterocycles. The van der Waals surface area contributed by atoms with Crippen molar-refractivity contribution in [3.63, 3.8) is 0 Å². The summed E-state index contributed by atoms with van der Waals surface area (Å²) in [5, 5.41) is 0. The number of benzene rings is 3. The van der Waals surface area contributed by atoms with Gasteiger partial charge in [0.15, 0.2) is 0 Å². The summed E-state index contributed by atoms with van der Waals surface area (Å²) in [5.74, 6) is -0.835. The quantitative estimate of drug-likeness (QED) is 0.260. The Labute approximate surface area is 179 Å². The number of anilines is 1. The first-order valence-corrected chi connectivity index (χ1v) is 11.5. The van der Waals surface area contributed by atoms with Crippen LogP contribution in [0.3, 0.4) is 0 Å². The first-order valence-electron chi connectivity index (χ1n) is 8.27. The molecule has 0 fully saturated rings. The summed E-state index contributed by atoms with van der Waals surface area (Å²) in [5.41, 5.74) is 6.81. The molecule has 0 spiro atoms. The van der Waals surface area contributed by atoms with Crippen LogP contribution in [0.5, 0.6) is 0 Å². The van der Waals surface area contributed by atoms with E-state index in [0.29, 0.717) is 10.6 Å². The van der Waals surface area contributed by atoms with Crippen LogP contribution in [0.2, 0.25) is 0 Å². The van der Waals surface area contributed by atoms with E-state index >= 15 is 0 Å². The molecule has 0 unspecified atom stereocenters. The molecule has 4 rings (SSSR count). The van der Waals surface area contributed by atoms with E-state index in [0.717, 1.165) is 11.8 Å². The number of nitrogens with two attached hydrogens (primary N) is 1. The minimum atomic E-state index is -4.62. The molecule has 144 valence electrons. The summed E-state index contributed by atoms with van der Waals surface area (Å²) in [6, 6.07) is 14.4. The normalized spacial score (nSPS) is 13.2. The van der Waals surface area contributed by atoms with Gasteiger partial charge >= 0.3 is 180 Å². The van der Waals surface area contributed by atoms with Crippen LogP contribution in [0.15, 0.2) is 69.3 Å². The zero-order chi connectivity index (χ0) is 20.9. The van der Waals surface area contributed by atoms with Crippen molar-refractivity contribution in [1.82, 2.24) is 0 Å². The van der Waals surface area contributed by atoms with Gasteiger partial charge in [0.2, 0.25) is 0 Å². The number of ketones is 2. The van der Waals surface area contributed by atoms with Gasteiger partial charge in [0.25, 0.3) is 0 Å². The van der Waals surface area contributed by atoms with Crippen molar-refractivity contribution in [2.45, 2.75) is 14.7 Å². The van der Waals surface area contributed by atoms with Crippen LogP contribution >= 0.6 is 11.8 Å². The number of nitrogen functional groups attached to an aromatic ring is 1. The molecule has 29 heavy (non-hydrogen) atoms. The van der Waals surface area contributed by atoms with Crippen molar-refractivity contribution >= 4 is 60.3 Å². The minimum absolute atomic E-state index is 0.00971. The molecule has 0 heterocycles. The Morgan fingerprint density at radius 3 is 2.00 bits per heavy atom. The molecule has 0 aromatic heterocycles. The van der Waals surface area contributed by atoms with Crippen molar-refractivity contribution in [2.24, 2.45) is 0 Å². The summed E-state index contributed by atoms with van der Waals surface area (Å²) in [6.45, 7) is 0. The molecule has 3 N–H and O–H groups in total. The van der Waals surface area contributed by atoms with E-state index in [4.69, 9.17) is 5.73 Å². The van der Waals surface area contributed by atoms with E-state index in [-0.39, 0.29) is 37.3 Å². The summed E-state index contributed by atoms with van der Waals surface area (Å²) < 4.78 is 33.6. The third kappa shape index (κ3) is 3.42. The van der Waals surface area contributed by atoms with Gasteiger partial charge < -0.3 is 0 Å². The standard InChI is InChI=1S/C20H12AsNO5S2/c21-18-15(29(25,26)27)9-14(28-11-7-5-10(22)6-8-11)16-17(18)20(24)13-4-2-1-3-12(13)19(16)23/h1-9H,22H2,(H,25,26,27). The van der Waals surface area contributed by atoms with Crippen molar-refractivity contribution in [3.8, 4) is 0 Å². The van der Waals surface area contributed by atoms with E-state index < -0.39 is 20.8 Å². The average Bonchev–Trinajstić information content (AvgIpc) is 2.68. The Morgan fingerprint density at radius 1 is 0.897 bits per heavy atom. The van der Waals surface area contributed by atoms with Crippen molar-refractivity contribution < 1.29 is 22.6 Å². The first-order chi connectivity index (χ1) is 13.7. The van der Waals surface area contributed by atoms with Gasteiger partial charge in [-0.25, -0.2) is 0 Å². The Bertz CT molecular complexity index is 1300. The summed E-state index contributed by atoms with van der Waals surface area (Å²) in [4.78, 5) is 26.9. The summed E-state index contributed by atoms with van der Waals surface area (Å²) >= 11 is 3.10. The fourth-order valence-corrected chi connectivity index (χ4v) is 6.16. The van der Waals surface area contributed by atoms with Gasteiger partial charge in [0.05, 0.1) is 0 Å². The molecule has 0 saturated heterocycles. The number of hydrogen-bond acceptors (Lipinski definition) is 6. The van der Waals surface area contributed by atoms with E-state index in [1.54, 1.807) is 42.5 Å². The molecule has 3 aromatic rings.